The molecule has 2 rings (SSSR count). The minimum atomic E-state index is -0.482. The summed E-state index contributed by atoms with van der Waals surface area (Å²) in [5, 5.41) is 5.92. The molecule has 0 fully saturated rings. The Labute approximate surface area is 104 Å². The van der Waals surface area contributed by atoms with Gasteiger partial charge in [-0.1, -0.05) is 24.9 Å². The number of carbonyl (C=O) groups excluding carboxylic acids is 1. The molecule has 1 atom stereocenters. The van der Waals surface area contributed by atoms with Crippen molar-refractivity contribution in [2.24, 2.45) is 0 Å². The van der Waals surface area contributed by atoms with Crippen LogP contribution in [0.2, 0.25) is 5.02 Å². The number of halogens is 2. The van der Waals surface area contributed by atoms with Crippen LogP contribution in [-0.4, -0.2) is 11.9 Å². The van der Waals surface area contributed by atoms with Crippen LogP contribution in [0.3, 0.4) is 0 Å². The quantitative estimate of drug-likeness (QED) is 0.852. The van der Waals surface area contributed by atoms with Gasteiger partial charge in [0, 0.05) is 18.5 Å². The Kier molecular flexibility index (Phi) is 3.52. The van der Waals surface area contributed by atoms with E-state index >= 15 is 0 Å². The molecule has 1 unspecified atom stereocenters. The number of rotatable bonds is 2. The Morgan fingerprint density at radius 2 is 2.24 bits per heavy atom. The largest absolute Gasteiger partial charge is 0.380 e. The first-order valence-corrected chi connectivity index (χ1v) is 6.03. The Balaban J connectivity index is 2.34. The number of fused-ring (bicyclic) bond motifs is 1. The maximum absolute atomic E-state index is 13.4. The van der Waals surface area contributed by atoms with Crippen molar-refractivity contribution in [1.82, 2.24) is 0 Å². The maximum atomic E-state index is 13.4. The second-order valence-electron chi connectivity index (χ2n) is 4.19. The summed E-state index contributed by atoms with van der Waals surface area (Å²) in [7, 11) is 0. The monoisotopic (exact) mass is 256 g/mol. The van der Waals surface area contributed by atoms with E-state index in [9.17, 15) is 9.18 Å². The van der Waals surface area contributed by atoms with E-state index < -0.39 is 5.82 Å². The second kappa shape index (κ2) is 4.92. The van der Waals surface area contributed by atoms with Gasteiger partial charge in [0.25, 0.3) is 0 Å². The SMILES string of the molecule is CCCC1CC(=O)Nc2cc(Cl)c(F)cc2N1. The molecule has 0 aliphatic carbocycles. The lowest BCUT2D eigenvalue weighted by Crippen LogP contribution is -2.22. The summed E-state index contributed by atoms with van der Waals surface area (Å²) in [6.07, 6.45) is 2.23. The smallest absolute Gasteiger partial charge is 0.226 e. The molecule has 0 aromatic heterocycles. The molecule has 0 bridgehead atoms. The molecule has 2 N–H and O–H groups in total. The molecule has 0 radical (unpaired) electrons. The van der Waals surface area contributed by atoms with Crippen molar-refractivity contribution in [2.75, 3.05) is 10.6 Å². The van der Waals surface area contributed by atoms with Crippen molar-refractivity contribution in [3.05, 3.63) is 23.0 Å². The molecule has 1 heterocycles. The Bertz CT molecular complexity index is 450. The Morgan fingerprint density at radius 1 is 1.47 bits per heavy atom. The highest BCUT2D eigenvalue weighted by Gasteiger charge is 2.21. The predicted molar refractivity (Wildman–Crippen MR) is 67.0 cm³/mol. The standard InChI is InChI=1S/C12H14ClFN2O/c1-2-3-7-4-12(17)16-10-5-8(13)9(14)6-11(10)15-7/h5-7,15H,2-4H2,1H3,(H,16,17). The first kappa shape index (κ1) is 12.2. The Hall–Kier alpha value is -1.29. The van der Waals surface area contributed by atoms with E-state index in [4.69, 9.17) is 11.6 Å². The molecule has 1 aromatic carbocycles. The van der Waals surface area contributed by atoms with Crippen LogP contribution >= 0.6 is 11.6 Å². The van der Waals surface area contributed by atoms with E-state index in [0.29, 0.717) is 17.8 Å². The number of hydrogen-bond acceptors (Lipinski definition) is 2. The molecule has 1 aromatic rings. The van der Waals surface area contributed by atoms with Crippen LogP contribution in [0.5, 0.6) is 0 Å². The fourth-order valence-electron chi connectivity index (χ4n) is 1.99. The van der Waals surface area contributed by atoms with Crippen molar-refractivity contribution in [3.63, 3.8) is 0 Å². The third-order valence-electron chi connectivity index (χ3n) is 2.76. The van der Waals surface area contributed by atoms with Crippen molar-refractivity contribution in [3.8, 4) is 0 Å². The highest BCUT2D eigenvalue weighted by molar-refractivity contribution is 6.31. The first-order valence-electron chi connectivity index (χ1n) is 5.65. The van der Waals surface area contributed by atoms with Gasteiger partial charge in [0.05, 0.1) is 16.4 Å². The molecule has 5 heteroatoms. The van der Waals surface area contributed by atoms with Gasteiger partial charge in [0.2, 0.25) is 5.91 Å². The summed E-state index contributed by atoms with van der Waals surface area (Å²) in [5.41, 5.74) is 1.14. The molecule has 1 amide bonds. The number of nitrogens with one attached hydrogen (secondary N) is 2. The minimum Gasteiger partial charge on any atom is -0.380 e. The first-order chi connectivity index (χ1) is 8.10. The topological polar surface area (TPSA) is 41.1 Å². The fourth-order valence-corrected chi connectivity index (χ4v) is 2.15. The molecular formula is C12H14ClFN2O. The van der Waals surface area contributed by atoms with E-state index in [-0.39, 0.29) is 17.0 Å². The van der Waals surface area contributed by atoms with Gasteiger partial charge in [-0.15, -0.1) is 0 Å². The van der Waals surface area contributed by atoms with Gasteiger partial charge in [0.15, 0.2) is 0 Å². The van der Waals surface area contributed by atoms with Crippen molar-refractivity contribution < 1.29 is 9.18 Å². The highest BCUT2D eigenvalue weighted by atomic mass is 35.5. The summed E-state index contributed by atoms with van der Waals surface area (Å²) in [5.74, 6) is -0.554. The molecule has 0 saturated heterocycles. The molecule has 17 heavy (non-hydrogen) atoms. The average molecular weight is 257 g/mol. The zero-order chi connectivity index (χ0) is 12.4. The lowest BCUT2D eigenvalue weighted by molar-refractivity contribution is -0.116. The van der Waals surface area contributed by atoms with E-state index in [2.05, 4.69) is 10.6 Å². The van der Waals surface area contributed by atoms with Crippen LogP contribution in [0.15, 0.2) is 12.1 Å². The normalized spacial score (nSPS) is 19.0. The van der Waals surface area contributed by atoms with Crippen LogP contribution in [-0.2, 0) is 4.79 Å². The van der Waals surface area contributed by atoms with Crippen LogP contribution in [0.25, 0.3) is 0 Å². The number of anilines is 2. The lowest BCUT2D eigenvalue weighted by atomic mass is 10.1. The minimum absolute atomic E-state index is 0.0137. The van der Waals surface area contributed by atoms with E-state index in [0.717, 1.165) is 12.8 Å². The molecule has 0 spiro atoms. The van der Waals surface area contributed by atoms with Crippen LogP contribution in [0.1, 0.15) is 26.2 Å². The van der Waals surface area contributed by atoms with Crippen LogP contribution in [0.4, 0.5) is 15.8 Å². The fraction of sp³-hybridized carbons (Fsp3) is 0.417. The van der Waals surface area contributed by atoms with Gasteiger partial charge in [-0.05, 0) is 12.5 Å². The molecule has 0 saturated carbocycles. The van der Waals surface area contributed by atoms with E-state index in [1.807, 2.05) is 6.92 Å². The van der Waals surface area contributed by atoms with Gasteiger partial charge in [0.1, 0.15) is 5.82 Å². The van der Waals surface area contributed by atoms with Crippen LogP contribution < -0.4 is 10.6 Å². The van der Waals surface area contributed by atoms with Gasteiger partial charge in [-0.25, -0.2) is 4.39 Å². The number of hydrogen-bond donors (Lipinski definition) is 2. The van der Waals surface area contributed by atoms with Gasteiger partial charge < -0.3 is 10.6 Å². The third-order valence-corrected chi connectivity index (χ3v) is 3.05. The third kappa shape index (κ3) is 2.69. The number of amides is 1. The summed E-state index contributed by atoms with van der Waals surface area (Å²) < 4.78 is 13.4. The van der Waals surface area contributed by atoms with Gasteiger partial charge in [-0.3, -0.25) is 4.79 Å². The van der Waals surface area contributed by atoms with Crippen molar-refractivity contribution in [1.29, 1.82) is 0 Å². The number of carbonyl (C=O) groups is 1. The maximum Gasteiger partial charge on any atom is 0.226 e. The Morgan fingerprint density at radius 3 is 2.94 bits per heavy atom. The molecule has 92 valence electrons. The average Bonchev–Trinajstić information content (AvgIpc) is 2.38. The van der Waals surface area contributed by atoms with E-state index in [1.54, 1.807) is 0 Å². The number of benzene rings is 1. The van der Waals surface area contributed by atoms with E-state index in [1.165, 1.54) is 12.1 Å². The highest BCUT2D eigenvalue weighted by Crippen LogP contribution is 2.31. The molecule has 1 aliphatic rings. The van der Waals surface area contributed by atoms with Gasteiger partial charge in [-0.2, -0.15) is 0 Å². The molecule has 1 aliphatic heterocycles. The summed E-state index contributed by atoms with van der Waals surface area (Å²) >= 11 is 5.69. The molecule has 3 nitrogen and oxygen atoms in total. The summed E-state index contributed by atoms with van der Waals surface area (Å²) in [6, 6.07) is 2.80. The van der Waals surface area contributed by atoms with Crippen molar-refractivity contribution >= 4 is 28.9 Å². The van der Waals surface area contributed by atoms with Crippen molar-refractivity contribution in [2.45, 2.75) is 32.2 Å². The zero-order valence-electron chi connectivity index (χ0n) is 9.52. The second-order valence-corrected chi connectivity index (χ2v) is 4.60. The van der Waals surface area contributed by atoms with Gasteiger partial charge >= 0.3 is 0 Å². The summed E-state index contributed by atoms with van der Waals surface area (Å²) in [6.45, 7) is 2.05. The zero-order valence-corrected chi connectivity index (χ0v) is 10.3. The van der Waals surface area contributed by atoms with Crippen LogP contribution in [0, 0.1) is 5.82 Å². The molecular weight excluding hydrogens is 243 g/mol. The summed E-state index contributed by atoms with van der Waals surface area (Å²) in [4.78, 5) is 11.6. The predicted octanol–water partition coefficient (Wildman–Crippen LogP) is 3.40. The lowest BCUT2D eigenvalue weighted by Gasteiger charge is -2.15.